The van der Waals surface area contributed by atoms with E-state index in [1.54, 1.807) is 0 Å². The normalized spacial score (nSPS) is 12.5. The van der Waals surface area contributed by atoms with Crippen molar-refractivity contribution in [1.29, 1.82) is 0 Å². The molecule has 0 aromatic heterocycles. The molecule has 0 bridgehead atoms. The van der Waals surface area contributed by atoms with Gasteiger partial charge in [0.25, 0.3) is 0 Å². The molecule has 0 spiro atoms. The van der Waals surface area contributed by atoms with Gasteiger partial charge in [-0.1, -0.05) is 35.4 Å². The first-order chi connectivity index (χ1) is 6.09. The zero-order valence-electron chi connectivity index (χ0n) is 8.38. The molecule has 1 aromatic rings. The zero-order valence-corrected chi connectivity index (χ0v) is 8.38. The summed E-state index contributed by atoms with van der Waals surface area (Å²) < 4.78 is 0. The highest BCUT2D eigenvalue weighted by Crippen LogP contribution is 2.18. The Morgan fingerprint density at radius 3 is 2.77 bits per heavy atom. The van der Waals surface area contributed by atoms with E-state index in [0.717, 1.165) is 12.0 Å². The molecule has 0 fully saturated rings. The number of hydrogen-bond donors (Lipinski definition) is 1. The number of nitrogens with two attached hydrogens (primary N) is 1. The summed E-state index contributed by atoms with van der Waals surface area (Å²) in [6, 6.07) is 8.42. The summed E-state index contributed by atoms with van der Waals surface area (Å²) in [5, 5.41) is 0. The Morgan fingerprint density at radius 2 is 2.23 bits per heavy atom. The monoisotopic (exact) mass is 175 g/mol. The summed E-state index contributed by atoms with van der Waals surface area (Å²) in [6.45, 7) is 7.95. The predicted molar refractivity (Wildman–Crippen MR) is 57.5 cm³/mol. The van der Waals surface area contributed by atoms with Gasteiger partial charge in [0.1, 0.15) is 0 Å². The molecular weight excluding hydrogens is 158 g/mol. The van der Waals surface area contributed by atoms with E-state index in [-0.39, 0.29) is 6.04 Å². The molecule has 0 aliphatic heterocycles. The van der Waals surface area contributed by atoms with Crippen LogP contribution in [0.25, 0.3) is 0 Å². The molecule has 70 valence electrons. The molecule has 0 radical (unpaired) electrons. The predicted octanol–water partition coefficient (Wildman–Crippen LogP) is 2.96. The van der Waals surface area contributed by atoms with Gasteiger partial charge in [0, 0.05) is 6.04 Å². The third kappa shape index (κ3) is 3.03. The Hall–Kier alpha value is -1.08. The Labute approximate surface area is 80.3 Å². The number of hydrogen-bond acceptors (Lipinski definition) is 1. The fraction of sp³-hybridized carbons (Fsp3) is 0.333. The molecule has 0 amide bonds. The van der Waals surface area contributed by atoms with Crippen molar-refractivity contribution in [2.75, 3.05) is 0 Å². The lowest BCUT2D eigenvalue weighted by atomic mass is 10.00. The third-order valence-electron chi connectivity index (χ3n) is 2.04. The van der Waals surface area contributed by atoms with Crippen molar-refractivity contribution in [3.05, 3.63) is 47.5 Å². The van der Waals surface area contributed by atoms with Crippen molar-refractivity contribution >= 4 is 0 Å². The van der Waals surface area contributed by atoms with E-state index in [0.29, 0.717) is 0 Å². The van der Waals surface area contributed by atoms with Crippen molar-refractivity contribution in [2.24, 2.45) is 5.73 Å². The van der Waals surface area contributed by atoms with Crippen LogP contribution in [0.2, 0.25) is 0 Å². The minimum absolute atomic E-state index is 0.0948. The highest BCUT2D eigenvalue weighted by molar-refractivity contribution is 5.25. The molecule has 13 heavy (non-hydrogen) atoms. The largest absolute Gasteiger partial charge is 0.324 e. The molecule has 0 heterocycles. The van der Waals surface area contributed by atoms with Gasteiger partial charge in [-0.25, -0.2) is 0 Å². The quantitative estimate of drug-likeness (QED) is 0.702. The van der Waals surface area contributed by atoms with Crippen LogP contribution in [-0.2, 0) is 0 Å². The molecule has 1 atom stereocenters. The van der Waals surface area contributed by atoms with E-state index in [4.69, 9.17) is 5.73 Å². The van der Waals surface area contributed by atoms with Gasteiger partial charge in [-0.2, -0.15) is 0 Å². The summed E-state index contributed by atoms with van der Waals surface area (Å²) in [5.41, 5.74) is 9.59. The fourth-order valence-corrected chi connectivity index (χ4v) is 1.39. The van der Waals surface area contributed by atoms with Crippen LogP contribution < -0.4 is 5.73 Å². The van der Waals surface area contributed by atoms with E-state index in [1.807, 2.05) is 13.0 Å². The smallest absolute Gasteiger partial charge is 0.0332 e. The molecule has 0 aliphatic rings. The summed E-state index contributed by atoms with van der Waals surface area (Å²) in [5.74, 6) is 0. The van der Waals surface area contributed by atoms with E-state index in [9.17, 15) is 0 Å². The van der Waals surface area contributed by atoms with Crippen molar-refractivity contribution in [3.8, 4) is 0 Å². The molecule has 2 N–H and O–H groups in total. The highest BCUT2D eigenvalue weighted by Gasteiger charge is 2.05. The zero-order chi connectivity index (χ0) is 9.84. The lowest BCUT2D eigenvalue weighted by Gasteiger charge is -2.12. The van der Waals surface area contributed by atoms with Crippen molar-refractivity contribution in [3.63, 3.8) is 0 Å². The lowest BCUT2D eigenvalue weighted by Crippen LogP contribution is -2.10. The molecule has 1 aromatic carbocycles. The lowest BCUT2D eigenvalue weighted by molar-refractivity contribution is 0.716. The average molecular weight is 175 g/mol. The second kappa shape index (κ2) is 4.24. The van der Waals surface area contributed by atoms with Gasteiger partial charge >= 0.3 is 0 Å². The number of rotatable bonds is 3. The molecule has 1 rings (SSSR count). The van der Waals surface area contributed by atoms with Gasteiger partial charge in [0.15, 0.2) is 0 Å². The van der Waals surface area contributed by atoms with Crippen LogP contribution in [0, 0.1) is 6.92 Å². The van der Waals surface area contributed by atoms with Gasteiger partial charge in [-0.15, -0.1) is 6.58 Å². The molecule has 0 saturated heterocycles. The molecule has 1 heteroatoms. The second-order valence-corrected chi connectivity index (χ2v) is 3.68. The molecule has 0 aliphatic carbocycles. The van der Waals surface area contributed by atoms with Crippen LogP contribution in [0.15, 0.2) is 36.4 Å². The highest BCUT2D eigenvalue weighted by atomic mass is 14.6. The first-order valence-electron chi connectivity index (χ1n) is 4.56. The summed E-state index contributed by atoms with van der Waals surface area (Å²) in [7, 11) is 0. The maximum Gasteiger partial charge on any atom is 0.0332 e. The van der Waals surface area contributed by atoms with E-state index in [2.05, 4.69) is 31.7 Å². The van der Waals surface area contributed by atoms with Crippen molar-refractivity contribution in [2.45, 2.75) is 26.3 Å². The maximum absolute atomic E-state index is 6.00. The first-order valence-corrected chi connectivity index (χ1v) is 4.56. The summed E-state index contributed by atoms with van der Waals surface area (Å²) >= 11 is 0. The van der Waals surface area contributed by atoms with Gasteiger partial charge in [-0.05, 0) is 25.8 Å². The third-order valence-corrected chi connectivity index (χ3v) is 2.04. The van der Waals surface area contributed by atoms with Crippen LogP contribution in [0.5, 0.6) is 0 Å². The Bertz CT molecular complexity index is 302. The van der Waals surface area contributed by atoms with Crippen LogP contribution in [0.1, 0.15) is 30.5 Å². The Kier molecular flexibility index (Phi) is 3.26. The summed E-state index contributed by atoms with van der Waals surface area (Å²) in [4.78, 5) is 0. The minimum atomic E-state index is 0.0948. The Balaban J connectivity index is 2.76. The van der Waals surface area contributed by atoms with E-state index < -0.39 is 0 Å². The molecule has 1 nitrogen and oxygen atoms in total. The second-order valence-electron chi connectivity index (χ2n) is 3.68. The maximum atomic E-state index is 6.00. The van der Waals surface area contributed by atoms with Crippen LogP contribution in [0.3, 0.4) is 0 Å². The average Bonchev–Trinajstić information content (AvgIpc) is 2.03. The van der Waals surface area contributed by atoms with Crippen LogP contribution in [0.4, 0.5) is 0 Å². The van der Waals surface area contributed by atoms with E-state index in [1.165, 1.54) is 11.1 Å². The van der Waals surface area contributed by atoms with Gasteiger partial charge in [0.2, 0.25) is 0 Å². The minimum Gasteiger partial charge on any atom is -0.324 e. The van der Waals surface area contributed by atoms with E-state index >= 15 is 0 Å². The number of aryl methyl sites for hydroxylation is 1. The van der Waals surface area contributed by atoms with Gasteiger partial charge < -0.3 is 5.73 Å². The molecular formula is C12H17N. The number of benzene rings is 1. The Morgan fingerprint density at radius 1 is 1.54 bits per heavy atom. The SMILES string of the molecule is C=C(C)C[C@@H](N)c1cccc(C)c1. The topological polar surface area (TPSA) is 26.0 Å². The standard InChI is InChI=1S/C12H17N/c1-9(2)7-12(13)11-6-4-5-10(3)8-11/h4-6,8,12H,1,7,13H2,2-3H3/t12-/m1/s1. The van der Waals surface area contributed by atoms with Gasteiger partial charge in [-0.3, -0.25) is 0 Å². The fourth-order valence-electron chi connectivity index (χ4n) is 1.39. The first kappa shape index (κ1) is 10.0. The molecule has 0 saturated carbocycles. The van der Waals surface area contributed by atoms with Crippen LogP contribution >= 0.6 is 0 Å². The van der Waals surface area contributed by atoms with Crippen molar-refractivity contribution < 1.29 is 0 Å². The van der Waals surface area contributed by atoms with Crippen LogP contribution in [-0.4, -0.2) is 0 Å². The van der Waals surface area contributed by atoms with Crippen molar-refractivity contribution in [1.82, 2.24) is 0 Å². The summed E-state index contributed by atoms with van der Waals surface area (Å²) in [6.07, 6.45) is 0.865. The van der Waals surface area contributed by atoms with Gasteiger partial charge in [0.05, 0.1) is 0 Å². The molecule has 0 unspecified atom stereocenters.